The first-order valence-electron chi connectivity index (χ1n) is 9.44. The number of nitrogens with zero attached hydrogens (tertiary/aromatic N) is 2. The fraction of sp³-hybridized carbons (Fsp3) is 0.333. The maximum atomic E-state index is 12.4. The van der Waals surface area contributed by atoms with Gasteiger partial charge in [-0.05, 0) is 42.7 Å². The molecular formula is C21H24ClN3O3S. The van der Waals surface area contributed by atoms with Crippen molar-refractivity contribution in [2.75, 3.05) is 26.3 Å². The predicted molar refractivity (Wildman–Crippen MR) is 119 cm³/mol. The van der Waals surface area contributed by atoms with Gasteiger partial charge in [0.15, 0.2) is 16.7 Å². The first-order valence-corrected chi connectivity index (χ1v) is 10.4. The third-order valence-corrected chi connectivity index (χ3v) is 5.61. The molecule has 2 aliphatic heterocycles. The average molecular weight is 434 g/mol. The van der Waals surface area contributed by atoms with E-state index >= 15 is 0 Å². The second kappa shape index (κ2) is 9.89. The van der Waals surface area contributed by atoms with Gasteiger partial charge >= 0.3 is 0 Å². The third kappa shape index (κ3) is 5.36. The van der Waals surface area contributed by atoms with E-state index in [1.165, 1.54) is 11.8 Å². The molecule has 4 rings (SSSR count). The number of hydrogen-bond donors (Lipinski definition) is 1. The molecule has 8 heteroatoms. The maximum Gasteiger partial charge on any atom is 0.253 e. The third-order valence-electron chi connectivity index (χ3n) is 4.75. The van der Waals surface area contributed by atoms with Gasteiger partial charge in [-0.15, -0.1) is 12.4 Å². The number of aliphatic imine (C=N–C) groups is 1. The highest BCUT2D eigenvalue weighted by atomic mass is 35.5. The first kappa shape index (κ1) is 21.3. The molecule has 1 fully saturated rings. The summed E-state index contributed by atoms with van der Waals surface area (Å²) in [5.41, 5.74) is 8.65. The number of likely N-dealkylation sites (tertiary alicyclic amines) is 1. The van der Waals surface area contributed by atoms with Crippen LogP contribution in [0.1, 0.15) is 28.8 Å². The first-order chi connectivity index (χ1) is 13.7. The largest absolute Gasteiger partial charge is 0.486 e. The van der Waals surface area contributed by atoms with Crippen molar-refractivity contribution in [3.63, 3.8) is 0 Å². The quantitative estimate of drug-likeness (QED) is 0.582. The molecule has 2 aromatic carbocycles. The molecule has 0 radical (unpaired) electrons. The molecule has 2 heterocycles. The molecule has 154 valence electrons. The van der Waals surface area contributed by atoms with Gasteiger partial charge in [0.25, 0.3) is 5.91 Å². The van der Waals surface area contributed by atoms with E-state index < -0.39 is 0 Å². The molecule has 0 atom stereocenters. The van der Waals surface area contributed by atoms with Crippen LogP contribution in [0.25, 0.3) is 0 Å². The van der Waals surface area contributed by atoms with Gasteiger partial charge in [-0.1, -0.05) is 23.9 Å². The van der Waals surface area contributed by atoms with E-state index in [1.807, 2.05) is 47.4 Å². The minimum absolute atomic E-state index is 0. The molecule has 29 heavy (non-hydrogen) atoms. The van der Waals surface area contributed by atoms with Crippen molar-refractivity contribution in [3.05, 3.63) is 53.6 Å². The summed E-state index contributed by atoms with van der Waals surface area (Å²) < 4.78 is 11.1. The second-order valence-electron chi connectivity index (χ2n) is 6.76. The van der Waals surface area contributed by atoms with E-state index in [0.717, 1.165) is 48.5 Å². The molecule has 2 aliphatic rings. The van der Waals surface area contributed by atoms with Crippen molar-refractivity contribution in [1.82, 2.24) is 4.90 Å². The molecule has 1 saturated heterocycles. The van der Waals surface area contributed by atoms with Crippen LogP contribution in [0.5, 0.6) is 11.5 Å². The zero-order valence-corrected chi connectivity index (χ0v) is 17.6. The molecule has 0 aromatic heterocycles. The zero-order valence-electron chi connectivity index (χ0n) is 16.0. The maximum absolute atomic E-state index is 12.4. The monoisotopic (exact) mass is 433 g/mol. The summed E-state index contributed by atoms with van der Waals surface area (Å²) in [6.45, 7) is 2.84. The molecule has 6 nitrogen and oxygen atoms in total. The molecule has 2 N–H and O–H groups in total. The number of halogens is 1. The number of fused-ring (bicyclic) bond motifs is 1. The predicted octanol–water partition coefficient (Wildman–Crippen LogP) is 4.00. The van der Waals surface area contributed by atoms with Crippen LogP contribution in [0.4, 0.5) is 5.69 Å². The van der Waals surface area contributed by atoms with Crippen LogP contribution < -0.4 is 15.2 Å². The van der Waals surface area contributed by atoms with E-state index in [2.05, 4.69) is 4.99 Å². The van der Waals surface area contributed by atoms with Crippen LogP contribution in [0, 0.1) is 0 Å². The number of ether oxygens (including phenoxy) is 2. The molecule has 2 aromatic rings. The number of thioether (sulfide) groups is 1. The Bertz CT molecular complexity index is 883. The fourth-order valence-electron chi connectivity index (χ4n) is 3.26. The van der Waals surface area contributed by atoms with Crippen LogP contribution in [0.3, 0.4) is 0 Å². The summed E-state index contributed by atoms with van der Waals surface area (Å²) in [5.74, 6) is 2.25. The van der Waals surface area contributed by atoms with Crippen LogP contribution in [0.15, 0.2) is 47.5 Å². The lowest BCUT2D eigenvalue weighted by molar-refractivity contribution is 0.0793. The average Bonchev–Trinajstić information content (AvgIpc) is 3.27. The number of hydrogen-bond acceptors (Lipinski definition) is 5. The number of benzene rings is 2. The van der Waals surface area contributed by atoms with Gasteiger partial charge in [-0.3, -0.25) is 4.79 Å². The van der Waals surface area contributed by atoms with Crippen LogP contribution in [-0.2, 0) is 5.75 Å². The van der Waals surface area contributed by atoms with Gasteiger partial charge in [0.05, 0.1) is 5.69 Å². The van der Waals surface area contributed by atoms with E-state index in [9.17, 15) is 4.79 Å². The fourth-order valence-corrected chi connectivity index (χ4v) is 3.94. The van der Waals surface area contributed by atoms with E-state index in [4.69, 9.17) is 15.2 Å². The molecule has 0 bridgehead atoms. The number of amides is 1. The lowest BCUT2D eigenvalue weighted by Crippen LogP contribution is -2.27. The zero-order chi connectivity index (χ0) is 19.3. The molecule has 0 spiro atoms. The van der Waals surface area contributed by atoms with Gasteiger partial charge in [0.1, 0.15) is 13.2 Å². The number of nitrogens with two attached hydrogens (primary N) is 1. The summed E-state index contributed by atoms with van der Waals surface area (Å²) in [5, 5.41) is 0.480. The summed E-state index contributed by atoms with van der Waals surface area (Å²) in [7, 11) is 0. The Morgan fingerprint density at radius 3 is 2.45 bits per heavy atom. The van der Waals surface area contributed by atoms with Crippen molar-refractivity contribution >= 4 is 40.9 Å². The minimum Gasteiger partial charge on any atom is -0.486 e. The highest BCUT2D eigenvalue weighted by Gasteiger charge is 2.19. The van der Waals surface area contributed by atoms with Gasteiger partial charge in [-0.25, -0.2) is 4.99 Å². The summed E-state index contributed by atoms with van der Waals surface area (Å²) >= 11 is 1.46. The lowest BCUT2D eigenvalue weighted by atomic mass is 10.1. The normalized spacial score (nSPS) is 15.7. The smallest absolute Gasteiger partial charge is 0.253 e. The molecule has 0 aliphatic carbocycles. The standard InChI is InChI=1S/C21H23N3O3S.ClH/c22-21(23-17-7-8-18-19(13-17)27-12-11-26-18)28-14-15-3-5-16(6-4-15)20(25)24-9-1-2-10-24;/h3-8,13H,1-2,9-12,14H2,(H2,22,23);1H. The Morgan fingerprint density at radius 1 is 1.03 bits per heavy atom. The Labute approximate surface area is 180 Å². The lowest BCUT2D eigenvalue weighted by Gasteiger charge is -2.18. The van der Waals surface area contributed by atoms with Crippen LogP contribution in [-0.4, -0.2) is 42.3 Å². The van der Waals surface area contributed by atoms with E-state index in [-0.39, 0.29) is 18.3 Å². The van der Waals surface area contributed by atoms with Gasteiger partial charge in [-0.2, -0.15) is 0 Å². The van der Waals surface area contributed by atoms with E-state index in [1.54, 1.807) is 0 Å². The second-order valence-corrected chi connectivity index (χ2v) is 7.76. The van der Waals surface area contributed by atoms with E-state index in [0.29, 0.717) is 29.9 Å². The van der Waals surface area contributed by atoms with Crippen molar-refractivity contribution < 1.29 is 14.3 Å². The number of rotatable bonds is 4. The van der Waals surface area contributed by atoms with Crippen LogP contribution >= 0.6 is 24.2 Å². The van der Waals surface area contributed by atoms with Crippen molar-refractivity contribution in [2.45, 2.75) is 18.6 Å². The molecular weight excluding hydrogens is 410 g/mol. The summed E-state index contributed by atoms with van der Waals surface area (Å²) in [6, 6.07) is 13.3. The number of carbonyl (C=O) groups is 1. The van der Waals surface area contributed by atoms with Gasteiger partial charge in [0, 0.05) is 30.5 Å². The highest BCUT2D eigenvalue weighted by molar-refractivity contribution is 8.13. The molecule has 1 amide bonds. The Kier molecular flexibility index (Phi) is 7.28. The van der Waals surface area contributed by atoms with Gasteiger partial charge in [0.2, 0.25) is 0 Å². The Morgan fingerprint density at radius 2 is 1.72 bits per heavy atom. The SMILES string of the molecule is Cl.NC(=Nc1ccc2c(c1)OCCO2)SCc1ccc(C(=O)N2CCCC2)cc1. The van der Waals surface area contributed by atoms with Crippen molar-refractivity contribution in [3.8, 4) is 11.5 Å². The topological polar surface area (TPSA) is 77.1 Å². The Hall–Kier alpha value is -2.38. The Balaban J connectivity index is 0.00000240. The highest BCUT2D eigenvalue weighted by Crippen LogP contribution is 2.34. The number of carbonyl (C=O) groups excluding carboxylic acids is 1. The van der Waals surface area contributed by atoms with Gasteiger partial charge < -0.3 is 20.1 Å². The van der Waals surface area contributed by atoms with Crippen LogP contribution in [0.2, 0.25) is 0 Å². The summed E-state index contributed by atoms with van der Waals surface area (Å²) in [4.78, 5) is 18.8. The van der Waals surface area contributed by atoms with Crippen molar-refractivity contribution in [1.29, 1.82) is 0 Å². The van der Waals surface area contributed by atoms with Crippen molar-refractivity contribution in [2.24, 2.45) is 10.7 Å². The molecule has 0 saturated carbocycles. The minimum atomic E-state index is 0. The molecule has 0 unspecified atom stereocenters. The summed E-state index contributed by atoms with van der Waals surface area (Å²) in [6.07, 6.45) is 2.20. The number of amidine groups is 1.